The van der Waals surface area contributed by atoms with E-state index in [-0.39, 0.29) is 12.2 Å². The zero-order chi connectivity index (χ0) is 24.1. The van der Waals surface area contributed by atoms with Crippen LogP contribution in [0.1, 0.15) is 46.4 Å². The molecule has 178 valence electrons. The van der Waals surface area contributed by atoms with E-state index in [1.54, 1.807) is 31.5 Å². The zero-order valence-corrected chi connectivity index (χ0v) is 18.8. The van der Waals surface area contributed by atoms with Crippen LogP contribution in [0.25, 0.3) is 17.1 Å². The first kappa shape index (κ1) is 21.4. The number of hydrogen-bond acceptors (Lipinski definition) is 6. The van der Waals surface area contributed by atoms with Crippen molar-refractivity contribution in [1.29, 1.82) is 0 Å². The number of anilines is 1. The minimum absolute atomic E-state index is 0.0264. The third kappa shape index (κ3) is 3.72. The van der Waals surface area contributed by atoms with E-state index < -0.39 is 24.4 Å². The third-order valence-electron chi connectivity index (χ3n) is 6.35. The van der Waals surface area contributed by atoms with E-state index in [0.717, 1.165) is 18.5 Å². The van der Waals surface area contributed by atoms with E-state index >= 15 is 0 Å². The summed E-state index contributed by atoms with van der Waals surface area (Å²) in [5, 5.41) is 14.3. The predicted octanol–water partition coefficient (Wildman–Crippen LogP) is 4.01. The number of halogens is 2. The molecule has 0 unspecified atom stereocenters. The summed E-state index contributed by atoms with van der Waals surface area (Å²) in [6, 6.07) is 7.18. The molecule has 3 heterocycles. The smallest absolute Gasteiger partial charge is 0.258 e. The lowest BCUT2D eigenvalue weighted by Gasteiger charge is -2.15. The molecule has 9 nitrogen and oxygen atoms in total. The highest BCUT2D eigenvalue weighted by Crippen LogP contribution is 2.40. The van der Waals surface area contributed by atoms with Gasteiger partial charge in [0.2, 0.25) is 0 Å². The topological polar surface area (TPSA) is 99.7 Å². The van der Waals surface area contributed by atoms with Crippen molar-refractivity contribution in [3.8, 4) is 22.8 Å². The van der Waals surface area contributed by atoms with E-state index in [0.29, 0.717) is 40.0 Å². The van der Waals surface area contributed by atoms with Gasteiger partial charge in [0.05, 0.1) is 34.5 Å². The Morgan fingerprint density at radius 2 is 2.14 bits per heavy atom. The van der Waals surface area contributed by atoms with Gasteiger partial charge in [0.15, 0.2) is 11.6 Å². The minimum Gasteiger partial charge on any atom is -0.488 e. The van der Waals surface area contributed by atoms with Crippen molar-refractivity contribution in [2.24, 2.45) is 0 Å². The number of rotatable bonds is 5. The number of hydrogen-bond donors (Lipinski definition) is 1. The minimum atomic E-state index is -0.720. The van der Waals surface area contributed by atoms with Crippen molar-refractivity contribution >= 4 is 11.6 Å². The number of aromatic nitrogens is 6. The molecule has 2 aromatic heterocycles. The summed E-state index contributed by atoms with van der Waals surface area (Å²) in [5.74, 6) is -0.188. The van der Waals surface area contributed by atoms with Crippen molar-refractivity contribution in [2.45, 2.75) is 31.7 Å². The van der Waals surface area contributed by atoms with Crippen LogP contribution >= 0.6 is 0 Å². The number of para-hydroxylation sites is 1. The monoisotopic (exact) mass is 477 g/mol. The summed E-state index contributed by atoms with van der Waals surface area (Å²) < 4.78 is 37.5. The third-order valence-corrected chi connectivity index (χ3v) is 6.35. The molecule has 1 saturated carbocycles. The highest BCUT2D eigenvalue weighted by atomic mass is 19.1. The molecular weight excluding hydrogens is 456 g/mol. The SMILES string of the molecule is Cc1cc(F)c(C(=O)Nc2cccc3c2OC[C@H](CF)n2nnnc2-3)cc1-n1cnc(C2CC2)c1. The number of imidazole rings is 1. The normalized spacial score (nSPS) is 16.7. The number of carbonyl (C=O) groups is 1. The molecule has 1 N–H and O–H groups in total. The molecule has 11 heteroatoms. The second kappa shape index (κ2) is 8.26. The number of ether oxygens (including phenoxy) is 1. The predicted molar refractivity (Wildman–Crippen MR) is 122 cm³/mol. The number of nitrogens with zero attached hydrogens (tertiary/aromatic N) is 6. The summed E-state index contributed by atoms with van der Waals surface area (Å²) in [6.45, 7) is 1.04. The number of tetrazole rings is 1. The molecule has 0 bridgehead atoms. The Bertz CT molecular complexity index is 1440. The number of nitrogens with one attached hydrogen (secondary N) is 1. The van der Waals surface area contributed by atoms with Crippen LogP contribution in [0.3, 0.4) is 0 Å². The van der Waals surface area contributed by atoms with Gasteiger partial charge in [-0.05, 0) is 60.0 Å². The van der Waals surface area contributed by atoms with Crippen molar-refractivity contribution in [1.82, 2.24) is 29.8 Å². The Hall–Kier alpha value is -4.15. The number of aryl methyl sites for hydroxylation is 1. The van der Waals surface area contributed by atoms with Gasteiger partial charge in [-0.15, -0.1) is 5.10 Å². The highest BCUT2D eigenvalue weighted by molar-refractivity contribution is 6.06. The van der Waals surface area contributed by atoms with Gasteiger partial charge in [0, 0.05) is 12.1 Å². The van der Waals surface area contributed by atoms with Crippen molar-refractivity contribution in [2.75, 3.05) is 18.6 Å². The molecule has 2 aliphatic rings. The van der Waals surface area contributed by atoms with Crippen molar-refractivity contribution < 1.29 is 18.3 Å². The Labute approximate surface area is 198 Å². The maximum atomic E-state index is 14.9. The van der Waals surface area contributed by atoms with Crippen LogP contribution in [0, 0.1) is 12.7 Å². The molecule has 35 heavy (non-hydrogen) atoms. The largest absolute Gasteiger partial charge is 0.488 e. The Balaban J connectivity index is 1.34. The Morgan fingerprint density at radius 1 is 1.29 bits per heavy atom. The lowest BCUT2D eigenvalue weighted by atomic mass is 10.1. The first-order valence-corrected chi connectivity index (χ1v) is 11.3. The molecule has 2 aromatic carbocycles. The van der Waals surface area contributed by atoms with Crippen LogP contribution < -0.4 is 10.1 Å². The van der Waals surface area contributed by atoms with Gasteiger partial charge in [-0.3, -0.25) is 4.79 Å². The molecule has 4 aromatic rings. The highest BCUT2D eigenvalue weighted by Gasteiger charge is 2.29. The lowest BCUT2D eigenvalue weighted by Crippen LogP contribution is -2.19. The molecule has 1 amide bonds. The van der Waals surface area contributed by atoms with Crippen LogP contribution in [0.15, 0.2) is 42.9 Å². The van der Waals surface area contributed by atoms with Gasteiger partial charge < -0.3 is 14.6 Å². The summed E-state index contributed by atoms with van der Waals surface area (Å²) in [5.41, 5.74) is 3.04. The molecular formula is C24H21F2N7O2. The van der Waals surface area contributed by atoms with Gasteiger partial charge in [-0.2, -0.15) is 0 Å². The van der Waals surface area contributed by atoms with Crippen molar-refractivity contribution in [3.63, 3.8) is 0 Å². The summed E-state index contributed by atoms with van der Waals surface area (Å²) >= 11 is 0. The molecule has 1 fully saturated rings. The first-order chi connectivity index (χ1) is 17.0. The van der Waals surface area contributed by atoms with Crippen LogP contribution in [-0.4, -0.2) is 48.9 Å². The van der Waals surface area contributed by atoms with Crippen LogP contribution in [-0.2, 0) is 0 Å². The molecule has 1 aliphatic carbocycles. The standard InChI is InChI=1S/C24H21F2N7O2/c1-13-7-18(26)17(8-21(13)32-10-20(27-12-32)14-5-6-14)24(34)28-19-4-2-3-16-22(19)35-11-15(9-25)33-23(16)29-30-31-33/h2-4,7-8,10,12,14-15H,5-6,9,11H2,1H3,(H,28,34)/t15-/m0/s1. The Morgan fingerprint density at radius 3 is 2.94 bits per heavy atom. The summed E-state index contributed by atoms with van der Waals surface area (Å²) in [6.07, 6.45) is 5.85. The quantitative estimate of drug-likeness (QED) is 0.466. The number of carbonyl (C=O) groups excluding carboxylic acids is 1. The number of fused-ring (bicyclic) bond motifs is 3. The zero-order valence-electron chi connectivity index (χ0n) is 18.8. The average Bonchev–Trinajstić information content (AvgIpc) is 3.43. The van der Waals surface area contributed by atoms with E-state index in [1.165, 1.54) is 16.8 Å². The molecule has 6 rings (SSSR count). The van der Waals surface area contributed by atoms with Gasteiger partial charge >= 0.3 is 0 Å². The number of alkyl halides is 1. The van der Waals surface area contributed by atoms with Gasteiger partial charge in [-0.1, -0.05) is 6.07 Å². The van der Waals surface area contributed by atoms with Gasteiger partial charge in [-0.25, -0.2) is 18.4 Å². The maximum absolute atomic E-state index is 14.9. The average molecular weight is 477 g/mol. The molecule has 0 spiro atoms. The van der Waals surface area contributed by atoms with Crippen molar-refractivity contribution in [3.05, 3.63) is 65.5 Å². The van der Waals surface area contributed by atoms with Crippen LogP contribution in [0.5, 0.6) is 5.75 Å². The van der Waals surface area contributed by atoms with Gasteiger partial charge in [0.25, 0.3) is 5.91 Å². The van der Waals surface area contributed by atoms with E-state index in [4.69, 9.17) is 4.74 Å². The van der Waals surface area contributed by atoms with E-state index in [9.17, 15) is 13.6 Å². The lowest BCUT2D eigenvalue weighted by molar-refractivity contribution is 0.102. The summed E-state index contributed by atoms with van der Waals surface area (Å²) in [4.78, 5) is 17.7. The van der Waals surface area contributed by atoms with Gasteiger partial charge in [0.1, 0.15) is 25.1 Å². The molecule has 1 aliphatic heterocycles. The second-order valence-electron chi connectivity index (χ2n) is 8.80. The summed E-state index contributed by atoms with van der Waals surface area (Å²) in [7, 11) is 0. The Kier molecular flexibility index (Phi) is 5.05. The van der Waals surface area contributed by atoms with Crippen LogP contribution in [0.2, 0.25) is 0 Å². The molecule has 0 saturated heterocycles. The maximum Gasteiger partial charge on any atom is 0.258 e. The fourth-order valence-corrected chi connectivity index (χ4v) is 4.31. The van der Waals surface area contributed by atoms with E-state index in [1.807, 2.05) is 10.8 Å². The van der Waals surface area contributed by atoms with Crippen LogP contribution in [0.4, 0.5) is 14.5 Å². The van der Waals surface area contributed by atoms with E-state index in [2.05, 4.69) is 25.8 Å². The number of benzene rings is 2. The fourth-order valence-electron chi connectivity index (χ4n) is 4.31. The molecule has 1 atom stereocenters. The number of amides is 1. The first-order valence-electron chi connectivity index (χ1n) is 11.3. The molecule has 0 radical (unpaired) electrons. The fraction of sp³-hybridized carbons (Fsp3) is 0.292. The second-order valence-corrected chi connectivity index (χ2v) is 8.80.